The summed E-state index contributed by atoms with van der Waals surface area (Å²) in [7, 11) is 0. The summed E-state index contributed by atoms with van der Waals surface area (Å²) in [6.45, 7) is 3.80. The molecular formula is C14H16O2. The van der Waals surface area contributed by atoms with Crippen LogP contribution in [-0.2, 0) is 9.59 Å². The van der Waals surface area contributed by atoms with Gasteiger partial charge >= 0.3 is 0 Å². The minimum atomic E-state index is 0.736. The molecule has 0 amide bonds. The lowest BCUT2D eigenvalue weighted by molar-refractivity contribution is -0.104. The number of aldehydes is 2. The molecule has 0 atom stereocenters. The maximum absolute atomic E-state index is 10.1. The first-order valence-electron chi connectivity index (χ1n) is 5.03. The van der Waals surface area contributed by atoms with Gasteiger partial charge in [0.25, 0.3) is 0 Å². The molecule has 0 aromatic carbocycles. The predicted octanol–water partition coefficient (Wildman–Crippen LogP) is 2.93. The van der Waals surface area contributed by atoms with Gasteiger partial charge in [0.05, 0.1) is 0 Å². The number of carbonyl (C=O) groups is 2. The summed E-state index contributed by atoms with van der Waals surface area (Å²) in [5.74, 6) is 0. The van der Waals surface area contributed by atoms with Crippen LogP contribution in [0, 0.1) is 0 Å². The molecule has 0 bridgehead atoms. The molecule has 16 heavy (non-hydrogen) atoms. The molecule has 2 heteroatoms. The first-order chi connectivity index (χ1) is 7.70. The van der Waals surface area contributed by atoms with Crippen molar-refractivity contribution in [2.45, 2.75) is 20.3 Å². The van der Waals surface area contributed by atoms with E-state index in [2.05, 4.69) is 5.73 Å². The van der Waals surface area contributed by atoms with Crippen molar-refractivity contribution in [3.63, 3.8) is 0 Å². The van der Waals surface area contributed by atoms with Crippen molar-refractivity contribution in [3.8, 4) is 0 Å². The second kappa shape index (κ2) is 9.63. The molecular weight excluding hydrogens is 200 g/mol. The van der Waals surface area contributed by atoms with E-state index in [9.17, 15) is 9.59 Å². The second-order valence-corrected chi connectivity index (χ2v) is 3.21. The summed E-state index contributed by atoms with van der Waals surface area (Å²) in [6, 6.07) is 0. The first-order valence-corrected chi connectivity index (χ1v) is 5.03. The molecule has 2 nitrogen and oxygen atoms in total. The number of hydrogen-bond acceptors (Lipinski definition) is 2. The standard InChI is InChI=1S/C14H16O2/c1-13(9-5-11-15)7-3-4-8-14(2)10-6-12-16/h3,5-6,8-12H,4H2,1-2H3. The van der Waals surface area contributed by atoms with E-state index in [4.69, 9.17) is 0 Å². The van der Waals surface area contributed by atoms with Gasteiger partial charge in [-0.05, 0) is 50.1 Å². The predicted molar refractivity (Wildman–Crippen MR) is 66.1 cm³/mol. The van der Waals surface area contributed by atoms with Crippen LogP contribution < -0.4 is 0 Å². The third-order valence-electron chi connectivity index (χ3n) is 1.75. The molecule has 0 N–H and O–H groups in total. The number of hydrogen-bond donors (Lipinski definition) is 0. The molecule has 0 aliphatic rings. The van der Waals surface area contributed by atoms with Crippen LogP contribution >= 0.6 is 0 Å². The van der Waals surface area contributed by atoms with E-state index in [1.165, 1.54) is 12.2 Å². The van der Waals surface area contributed by atoms with Crippen molar-refractivity contribution in [2.75, 3.05) is 0 Å². The van der Waals surface area contributed by atoms with E-state index in [-0.39, 0.29) is 0 Å². The fourth-order valence-electron chi connectivity index (χ4n) is 0.956. The van der Waals surface area contributed by atoms with Gasteiger partial charge in [0, 0.05) is 0 Å². The zero-order chi connectivity index (χ0) is 12.2. The largest absolute Gasteiger partial charge is 0.299 e. The Labute approximate surface area is 96.4 Å². The molecule has 0 spiro atoms. The molecule has 0 unspecified atom stereocenters. The first kappa shape index (κ1) is 14.1. The average molecular weight is 216 g/mol. The van der Waals surface area contributed by atoms with E-state index in [0.29, 0.717) is 0 Å². The molecule has 84 valence electrons. The molecule has 0 aromatic heterocycles. The Kier molecular flexibility index (Phi) is 8.47. The summed E-state index contributed by atoms with van der Waals surface area (Å²) in [5, 5.41) is 0. The monoisotopic (exact) mass is 216 g/mol. The second-order valence-electron chi connectivity index (χ2n) is 3.21. The molecule has 0 aliphatic heterocycles. The van der Waals surface area contributed by atoms with E-state index >= 15 is 0 Å². The minimum Gasteiger partial charge on any atom is -0.299 e. The minimum absolute atomic E-state index is 0.736. The van der Waals surface area contributed by atoms with Crippen LogP contribution in [0.5, 0.6) is 0 Å². The summed E-state index contributed by atoms with van der Waals surface area (Å²) in [6.07, 6.45) is 12.5. The van der Waals surface area contributed by atoms with Crippen LogP contribution in [0.25, 0.3) is 0 Å². The lowest BCUT2D eigenvalue weighted by Gasteiger charge is -1.87. The van der Waals surface area contributed by atoms with Crippen LogP contribution in [0.2, 0.25) is 0 Å². The smallest absolute Gasteiger partial charge is 0.142 e. The van der Waals surface area contributed by atoms with Crippen LogP contribution in [0.3, 0.4) is 0 Å². The fraction of sp³-hybridized carbons (Fsp3) is 0.214. The molecule has 0 radical (unpaired) electrons. The Bertz CT molecular complexity index is 376. The quantitative estimate of drug-likeness (QED) is 0.296. The maximum atomic E-state index is 10.1. The van der Waals surface area contributed by atoms with E-state index < -0.39 is 0 Å². The van der Waals surface area contributed by atoms with Gasteiger partial charge in [-0.25, -0.2) is 0 Å². The van der Waals surface area contributed by atoms with Gasteiger partial charge in [-0.1, -0.05) is 17.7 Å². The third-order valence-corrected chi connectivity index (χ3v) is 1.75. The highest BCUT2D eigenvalue weighted by Gasteiger charge is 1.79. The van der Waals surface area contributed by atoms with Crippen molar-refractivity contribution in [1.29, 1.82) is 0 Å². The molecule has 0 saturated heterocycles. The average Bonchev–Trinajstić information content (AvgIpc) is 2.29. The number of rotatable bonds is 6. The Morgan fingerprint density at radius 1 is 1.06 bits per heavy atom. The van der Waals surface area contributed by atoms with Crippen LogP contribution in [0.15, 0.2) is 53.3 Å². The van der Waals surface area contributed by atoms with Gasteiger partial charge in [0.1, 0.15) is 12.6 Å². The summed E-state index contributed by atoms with van der Waals surface area (Å²) >= 11 is 0. The summed E-state index contributed by atoms with van der Waals surface area (Å²) in [5.41, 5.74) is 4.97. The Hall–Kier alpha value is -1.92. The van der Waals surface area contributed by atoms with Crippen molar-refractivity contribution < 1.29 is 9.59 Å². The van der Waals surface area contributed by atoms with Gasteiger partial charge in [-0.2, -0.15) is 0 Å². The van der Waals surface area contributed by atoms with Crippen LogP contribution in [-0.4, -0.2) is 12.6 Å². The fourth-order valence-corrected chi connectivity index (χ4v) is 0.956. The molecule has 0 fully saturated rings. The molecule has 0 aromatic rings. The van der Waals surface area contributed by atoms with Gasteiger partial charge < -0.3 is 0 Å². The van der Waals surface area contributed by atoms with Crippen molar-refractivity contribution >= 4 is 12.6 Å². The van der Waals surface area contributed by atoms with Crippen LogP contribution in [0.4, 0.5) is 0 Å². The van der Waals surface area contributed by atoms with E-state index in [1.807, 2.05) is 26.0 Å². The molecule has 0 aliphatic carbocycles. The molecule has 0 saturated carbocycles. The highest BCUT2D eigenvalue weighted by molar-refractivity contribution is 5.66. The number of allylic oxidation sites excluding steroid dienone is 7. The highest BCUT2D eigenvalue weighted by atomic mass is 16.1. The topological polar surface area (TPSA) is 34.1 Å². The van der Waals surface area contributed by atoms with Gasteiger partial charge in [-0.3, -0.25) is 9.59 Å². The lowest BCUT2D eigenvalue weighted by atomic mass is 10.2. The number of carbonyl (C=O) groups excluding carboxylic acids is 2. The Morgan fingerprint density at radius 2 is 1.69 bits per heavy atom. The zero-order valence-electron chi connectivity index (χ0n) is 9.64. The summed E-state index contributed by atoms with van der Waals surface area (Å²) in [4.78, 5) is 20.1. The van der Waals surface area contributed by atoms with Gasteiger partial charge in [0.2, 0.25) is 0 Å². The molecule has 0 heterocycles. The van der Waals surface area contributed by atoms with E-state index in [1.54, 1.807) is 12.2 Å². The van der Waals surface area contributed by atoms with E-state index in [0.717, 1.165) is 30.1 Å². The Balaban J connectivity index is 4.28. The molecule has 0 rings (SSSR count). The van der Waals surface area contributed by atoms with Crippen molar-refractivity contribution in [3.05, 3.63) is 53.3 Å². The zero-order valence-corrected chi connectivity index (χ0v) is 9.64. The SMILES string of the molecule is CC(=C=CCC=C(C)C=CC=O)C=CC=O. The van der Waals surface area contributed by atoms with Gasteiger partial charge in [-0.15, -0.1) is 5.73 Å². The maximum Gasteiger partial charge on any atom is 0.142 e. The third kappa shape index (κ3) is 8.67. The van der Waals surface area contributed by atoms with Crippen molar-refractivity contribution in [2.24, 2.45) is 0 Å². The highest BCUT2D eigenvalue weighted by Crippen LogP contribution is 1.98. The van der Waals surface area contributed by atoms with Gasteiger partial charge in [0.15, 0.2) is 0 Å². The Morgan fingerprint density at radius 3 is 2.31 bits per heavy atom. The van der Waals surface area contributed by atoms with Crippen molar-refractivity contribution in [1.82, 2.24) is 0 Å². The summed E-state index contributed by atoms with van der Waals surface area (Å²) < 4.78 is 0. The lowest BCUT2D eigenvalue weighted by Crippen LogP contribution is -1.69. The normalized spacial score (nSPS) is 11.5. The van der Waals surface area contributed by atoms with Crippen LogP contribution in [0.1, 0.15) is 20.3 Å².